The van der Waals surface area contributed by atoms with Crippen molar-refractivity contribution in [3.8, 4) is 11.6 Å². The predicted molar refractivity (Wildman–Crippen MR) is 161 cm³/mol. The first-order valence-corrected chi connectivity index (χ1v) is 14.4. The van der Waals surface area contributed by atoms with E-state index in [1.165, 1.54) is 18.6 Å². The van der Waals surface area contributed by atoms with Gasteiger partial charge in [0.25, 0.3) is 5.91 Å². The number of halogens is 1. The summed E-state index contributed by atoms with van der Waals surface area (Å²) in [6.45, 7) is 8.69. The molecule has 2 fully saturated rings. The van der Waals surface area contributed by atoms with Gasteiger partial charge in [-0.15, -0.1) is 0 Å². The van der Waals surface area contributed by atoms with Crippen LogP contribution in [0.2, 0.25) is 0 Å². The number of amides is 1. The third-order valence-electron chi connectivity index (χ3n) is 7.93. The fourth-order valence-corrected chi connectivity index (χ4v) is 5.62. The summed E-state index contributed by atoms with van der Waals surface area (Å²) in [4.78, 5) is 29.2. The maximum atomic E-state index is 14.5. The lowest BCUT2D eigenvalue weighted by Crippen LogP contribution is -2.46. The van der Waals surface area contributed by atoms with Crippen molar-refractivity contribution in [3.05, 3.63) is 78.2 Å². The van der Waals surface area contributed by atoms with Gasteiger partial charge in [0.15, 0.2) is 0 Å². The van der Waals surface area contributed by atoms with E-state index in [9.17, 15) is 9.18 Å². The number of nitrogens with one attached hydrogen (secondary N) is 1. The second kappa shape index (κ2) is 12.1. The molecule has 2 aliphatic rings. The van der Waals surface area contributed by atoms with Gasteiger partial charge in [0.1, 0.15) is 11.6 Å². The number of anilines is 3. The van der Waals surface area contributed by atoms with Crippen LogP contribution in [0.25, 0.3) is 10.8 Å². The molecule has 1 amide bonds. The molecule has 9 heteroatoms. The Kier molecular flexibility index (Phi) is 7.95. The average molecular weight is 555 g/mol. The normalized spacial score (nSPS) is 16.1. The smallest absolute Gasteiger partial charge is 0.255 e. The number of fused-ring (bicyclic) bond motifs is 1. The topological polar surface area (TPSA) is 73.8 Å². The number of piperidine rings is 1. The number of carbonyl (C=O) groups is 1. The average Bonchev–Trinajstić information content (AvgIpc) is 3.02. The molecular weight excluding hydrogens is 519 g/mol. The number of aromatic nitrogens is 2. The number of likely N-dealkylation sites (N-methyl/N-ethyl adjacent to an activating group) is 1. The van der Waals surface area contributed by atoms with Crippen molar-refractivity contribution in [3.63, 3.8) is 0 Å². The summed E-state index contributed by atoms with van der Waals surface area (Å²) in [5, 5.41) is 4.64. The quantitative estimate of drug-likeness (QED) is 0.303. The molecule has 6 rings (SSSR count). The summed E-state index contributed by atoms with van der Waals surface area (Å²) in [6.07, 6.45) is 5.05. The first kappa shape index (κ1) is 27.0. The predicted octanol–water partition coefficient (Wildman–Crippen LogP) is 5.95. The highest BCUT2D eigenvalue weighted by Crippen LogP contribution is 2.34. The molecule has 2 aliphatic heterocycles. The van der Waals surface area contributed by atoms with Crippen molar-refractivity contribution < 1.29 is 13.9 Å². The van der Waals surface area contributed by atoms with E-state index in [1.807, 2.05) is 36.4 Å². The Hall–Kier alpha value is -4.24. The fourth-order valence-electron chi connectivity index (χ4n) is 5.62. The fraction of sp³-hybridized carbons (Fsp3) is 0.344. The Morgan fingerprint density at radius 3 is 2.46 bits per heavy atom. The van der Waals surface area contributed by atoms with Crippen LogP contribution in [-0.2, 0) is 0 Å². The highest BCUT2D eigenvalue weighted by atomic mass is 19.1. The maximum absolute atomic E-state index is 14.5. The summed E-state index contributed by atoms with van der Waals surface area (Å²) >= 11 is 0. The minimum absolute atomic E-state index is 0.295. The molecular formula is C32H35FN6O2. The largest absolute Gasteiger partial charge is 0.438 e. The molecule has 0 unspecified atom stereocenters. The van der Waals surface area contributed by atoms with E-state index >= 15 is 0 Å². The van der Waals surface area contributed by atoms with E-state index in [4.69, 9.17) is 4.74 Å². The summed E-state index contributed by atoms with van der Waals surface area (Å²) in [6, 6.07) is 17.7. The van der Waals surface area contributed by atoms with Crippen LogP contribution in [0.4, 0.5) is 21.7 Å². The highest BCUT2D eigenvalue weighted by Gasteiger charge is 2.20. The molecule has 3 aromatic carbocycles. The molecule has 0 radical (unpaired) electrons. The van der Waals surface area contributed by atoms with E-state index < -0.39 is 5.82 Å². The number of hydrogen-bond acceptors (Lipinski definition) is 7. The summed E-state index contributed by atoms with van der Waals surface area (Å²) in [7, 11) is 0. The second-order valence-electron chi connectivity index (χ2n) is 10.6. The molecule has 8 nitrogen and oxygen atoms in total. The zero-order valence-corrected chi connectivity index (χ0v) is 23.4. The van der Waals surface area contributed by atoms with Crippen LogP contribution in [-0.4, -0.2) is 66.6 Å². The summed E-state index contributed by atoms with van der Waals surface area (Å²) < 4.78 is 20.8. The molecule has 0 bridgehead atoms. The van der Waals surface area contributed by atoms with Crippen LogP contribution in [0.15, 0.2) is 66.9 Å². The molecule has 4 aromatic rings. The summed E-state index contributed by atoms with van der Waals surface area (Å²) in [5.41, 5.74) is 1.67. The van der Waals surface area contributed by atoms with Gasteiger partial charge in [0.05, 0.1) is 0 Å². The molecule has 41 heavy (non-hydrogen) atoms. The Bertz CT molecular complexity index is 1530. The molecule has 1 aromatic heterocycles. The van der Waals surface area contributed by atoms with Crippen molar-refractivity contribution in [1.82, 2.24) is 14.9 Å². The number of nitrogens with zero attached hydrogens (tertiary/aromatic N) is 5. The number of rotatable bonds is 7. The van der Waals surface area contributed by atoms with Gasteiger partial charge in [-0.2, -0.15) is 4.98 Å². The van der Waals surface area contributed by atoms with Crippen LogP contribution in [0, 0.1) is 5.82 Å². The van der Waals surface area contributed by atoms with Crippen molar-refractivity contribution in [2.24, 2.45) is 0 Å². The third kappa shape index (κ3) is 6.10. The van der Waals surface area contributed by atoms with Gasteiger partial charge in [-0.25, -0.2) is 9.37 Å². The lowest BCUT2D eigenvalue weighted by atomic mass is 10.1. The van der Waals surface area contributed by atoms with Crippen LogP contribution >= 0.6 is 0 Å². The van der Waals surface area contributed by atoms with Gasteiger partial charge in [-0.3, -0.25) is 4.79 Å². The zero-order chi connectivity index (χ0) is 28.2. The Labute approximate surface area is 239 Å². The monoisotopic (exact) mass is 554 g/mol. The molecule has 0 atom stereocenters. The number of piperazine rings is 1. The number of carbonyl (C=O) groups excluding carboxylic acids is 1. The summed E-state index contributed by atoms with van der Waals surface area (Å²) in [5.74, 6) is 0.969. The highest BCUT2D eigenvalue weighted by molar-refractivity contribution is 6.10. The molecule has 3 heterocycles. The van der Waals surface area contributed by atoms with E-state index in [2.05, 4.69) is 36.9 Å². The first-order valence-electron chi connectivity index (χ1n) is 14.4. The van der Waals surface area contributed by atoms with Crippen molar-refractivity contribution in [2.45, 2.75) is 26.2 Å². The van der Waals surface area contributed by atoms with Gasteiger partial charge in [-0.05, 0) is 56.1 Å². The van der Waals surface area contributed by atoms with E-state index in [-0.39, 0.29) is 5.91 Å². The van der Waals surface area contributed by atoms with Crippen molar-refractivity contribution in [1.29, 1.82) is 0 Å². The van der Waals surface area contributed by atoms with E-state index in [1.54, 1.807) is 18.3 Å². The zero-order valence-electron chi connectivity index (χ0n) is 23.4. The van der Waals surface area contributed by atoms with Gasteiger partial charge < -0.3 is 24.8 Å². The van der Waals surface area contributed by atoms with Crippen LogP contribution in [0.5, 0.6) is 11.6 Å². The van der Waals surface area contributed by atoms with Gasteiger partial charge >= 0.3 is 0 Å². The Balaban J connectivity index is 1.22. The van der Waals surface area contributed by atoms with Gasteiger partial charge in [0.2, 0.25) is 11.8 Å². The number of ether oxygens (including phenoxy) is 1. The molecule has 2 saturated heterocycles. The van der Waals surface area contributed by atoms with Crippen LogP contribution < -0.4 is 19.9 Å². The van der Waals surface area contributed by atoms with Crippen LogP contribution in [0.3, 0.4) is 0 Å². The number of benzene rings is 3. The first-order chi connectivity index (χ1) is 20.1. The van der Waals surface area contributed by atoms with Crippen molar-refractivity contribution in [2.75, 3.05) is 60.9 Å². The molecule has 0 aliphatic carbocycles. The Morgan fingerprint density at radius 2 is 1.68 bits per heavy atom. The second-order valence-corrected chi connectivity index (χ2v) is 10.6. The standard InChI is InChI=1S/C32H35FN6O2/c1-2-37-16-18-39(19-17-37)32-34-13-12-30(36-32)41-29-11-10-28(26-8-4-5-9-27(26)29)35-31(40)23-20-24(33)22-25(21-23)38-14-6-3-7-15-38/h4-5,8-13,20-22H,2-3,6-7,14-19H2,1H3,(H,35,40). The van der Waals surface area contributed by atoms with Crippen molar-refractivity contribution >= 4 is 34.0 Å². The molecule has 0 saturated carbocycles. The molecule has 0 spiro atoms. The minimum Gasteiger partial charge on any atom is -0.438 e. The third-order valence-corrected chi connectivity index (χ3v) is 7.93. The lowest BCUT2D eigenvalue weighted by Gasteiger charge is -2.33. The number of hydrogen-bond donors (Lipinski definition) is 1. The molecule has 212 valence electrons. The van der Waals surface area contributed by atoms with E-state index in [0.717, 1.165) is 75.1 Å². The Morgan fingerprint density at radius 1 is 0.902 bits per heavy atom. The van der Waals surface area contributed by atoms with Gasteiger partial charge in [0, 0.05) is 79.2 Å². The van der Waals surface area contributed by atoms with Gasteiger partial charge in [-0.1, -0.05) is 31.2 Å². The minimum atomic E-state index is -0.414. The van der Waals surface area contributed by atoms with E-state index in [0.29, 0.717) is 28.8 Å². The molecule has 1 N–H and O–H groups in total. The van der Waals surface area contributed by atoms with Crippen LogP contribution in [0.1, 0.15) is 36.5 Å². The maximum Gasteiger partial charge on any atom is 0.255 e. The SMILES string of the molecule is CCN1CCN(c2nccc(Oc3ccc(NC(=O)c4cc(F)cc(N5CCCCC5)c4)c4ccccc34)n2)CC1. The lowest BCUT2D eigenvalue weighted by molar-refractivity contribution is 0.102.